The highest BCUT2D eigenvalue weighted by Gasteiger charge is 2.11. The van der Waals surface area contributed by atoms with Gasteiger partial charge in [-0.1, -0.05) is 37.3 Å². The zero-order valence-corrected chi connectivity index (χ0v) is 19.3. The number of pyridine rings is 1. The average Bonchev–Trinajstić information content (AvgIpc) is 2.89. The summed E-state index contributed by atoms with van der Waals surface area (Å²) in [5.74, 6) is 1.28. The van der Waals surface area contributed by atoms with Gasteiger partial charge in [-0.2, -0.15) is 0 Å². The molecule has 0 aliphatic rings. The number of carbonyl (C=O) groups is 1. The predicted molar refractivity (Wildman–Crippen MR) is 138 cm³/mol. The molecule has 0 unspecified atom stereocenters. The van der Waals surface area contributed by atoms with Gasteiger partial charge >= 0.3 is 0 Å². The van der Waals surface area contributed by atoms with E-state index in [1.807, 2.05) is 79.9 Å². The second kappa shape index (κ2) is 10.1. The van der Waals surface area contributed by atoms with Crippen molar-refractivity contribution in [2.45, 2.75) is 19.8 Å². The maximum absolute atomic E-state index is 12.1. The molecule has 6 nitrogen and oxygen atoms in total. The Hall–Kier alpha value is -4.58. The maximum Gasteiger partial charge on any atom is 0.224 e. The molecule has 0 fully saturated rings. The third-order valence-electron chi connectivity index (χ3n) is 5.58. The molecule has 172 valence electrons. The third kappa shape index (κ3) is 5.17. The van der Waals surface area contributed by atoms with Crippen LogP contribution in [0.2, 0.25) is 0 Å². The van der Waals surface area contributed by atoms with Crippen molar-refractivity contribution in [3.8, 4) is 33.9 Å². The normalized spacial score (nSPS) is 10.8. The second-order valence-electron chi connectivity index (χ2n) is 8.16. The Morgan fingerprint density at radius 3 is 2.54 bits per heavy atom. The lowest BCUT2D eigenvalue weighted by Gasteiger charge is -2.12. The highest BCUT2D eigenvalue weighted by atomic mass is 16.5. The van der Waals surface area contributed by atoms with Crippen molar-refractivity contribution in [1.29, 1.82) is 0 Å². The third-order valence-corrected chi connectivity index (χ3v) is 5.58. The van der Waals surface area contributed by atoms with Gasteiger partial charge in [0.1, 0.15) is 12.1 Å². The van der Waals surface area contributed by atoms with Crippen molar-refractivity contribution in [3.05, 3.63) is 97.6 Å². The van der Waals surface area contributed by atoms with Gasteiger partial charge in [0.25, 0.3) is 0 Å². The largest absolute Gasteiger partial charge is 0.439 e. The molecular formula is C29H24N4O2. The molecule has 2 aromatic heterocycles. The van der Waals surface area contributed by atoms with E-state index in [0.29, 0.717) is 12.3 Å². The van der Waals surface area contributed by atoms with Gasteiger partial charge in [-0.25, -0.2) is 15.0 Å². The fourth-order valence-corrected chi connectivity index (χ4v) is 3.93. The summed E-state index contributed by atoms with van der Waals surface area (Å²) < 4.78 is 5.83. The first kappa shape index (κ1) is 22.2. The van der Waals surface area contributed by atoms with Crippen LogP contribution < -0.4 is 10.1 Å². The topological polar surface area (TPSA) is 77.0 Å². The molecule has 3 aromatic carbocycles. The minimum absolute atomic E-state index is 0.00877. The molecule has 0 saturated heterocycles. The molecule has 0 bridgehead atoms. The number of rotatable bonds is 7. The lowest BCUT2D eigenvalue weighted by molar-refractivity contribution is -0.116. The molecule has 0 saturated carbocycles. The van der Waals surface area contributed by atoms with Crippen LogP contribution in [-0.2, 0) is 4.79 Å². The van der Waals surface area contributed by atoms with E-state index in [4.69, 9.17) is 4.74 Å². The number of benzene rings is 3. The van der Waals surface area contributed by atoms with Crippen LogP contribution in [0, 0.1) is 0 Å². The molecule has 0 aliphatic heterocycles. The number of carbonyl (C=O) groups excluding carboxylic acids is 1. The zero-order valence-electron chi connectivity index (χ0n) is 19.3. The Labute approximate surface area is 203 Å². The Bertz CT molecular complexity index is 1470. The van der Waals surface area contributed by atoms with Crippen molar-refractivity contribution in [2.24, 2.45) is 0 Å². The summed E-state index contributed by atoms with van der Waals surface area (Å²) in [5.41, 5.74) is 5.46. The van der Waals surface area contributed by atoms with Gasteiger partial charge in [-0.3, -0.25) is 4.79 Å². The first-order chi connectivity index (χ1) is 17.2. The number of aromatic nitrogens is 3. The molecule has 0 atom stereocenters. The molecule has 2 heterocycles. The molecule has 0 aliphatic carbocycles. The summed E-state index contributed by atoms with van der Waals surface area (Å²) >= 11 is 0. The summed E-state index contributed by atoms with van der Waals surface area (Å²) in [6, 6.07) is 25.4. The molecule has 0 spiro atoms. The smallest absolute Gasteiger partial charge is 0.224 e. The second-order valence-corrected chi connectivity index (χ2v) is 8.16. The van der Waals surface area contributed by atoms with E-state index in [1.165, 1.54) is 0 Å². The number of anilines is 1. The molecule has 5 aromatic rings. The predicted octanol–water partition coefficient (Wildman–Crippen LogP) is 6.89. The number of nitrogens with zero attached hydrogens (tertiary/aromatic N) is 3. The monoisotopic (exact) mass is 460 g/mol. The van der Waals surface area contributed by atoms with Crippen molar-refractivity contribution in [3.63, 3.8) is 0 Å². The first-order valence-electron chi connectivity index (χ1n) is 11.5. The van der Waals surface area contributed by atoms with Crippen molar-refractivity contribution in [2.75, 3.05) is 5.32 Å². The number of ether oxygens (including phenoxy) is 1. The fourth-order valence-electron chi connectivity index (χ4n) is 3.93. The summed E-state index contributed by atoms with van der Waals surface area (Å²) in [7, 11) is 0. The van der Waals surface area contributed by atoms with Gasteiger partial charge < -0.3 is 10.1 Å². The van der Waals surface area contributed by atoms with Gasteiger partial charge in [-0.15, -0.1) is 0 Å². The Kier molecular flexibility index (Phi) is 6.44. The van der Waals surface area contributed by atoms with Gasteiger partial charge in [0, 0.05) is 47.1 Å². The number of amides is 1. The summed E-state index contributed by atoms with van der Waals surface area (Å²) in [5, 5.41) is 3.90. The van der Waals surface area contributed by atoms with Crippen LogP contribution in [-0.4, -0.2) is 20.9 Å². The SMILES string of the molecule is CCCC(=O)Nc1cccc(-c2cc(-c3ccc(Oc4ccccc4)nc3)cc3cncnc23)c1. The van der Waals surface area contributed by atoms with E-state index in [-0.39, 0.29) is 5.91 Å². The van der Waals surface area contributed by atoms with Crippen LogP contribution >= 0.6 is 0 Å². The van der Waals surface area contributed by atoms with Crippen molar-refractivity contribution >= 4 is 22.5 Å². The zero-order chi connectivity index (χ0) is 24.0. The highest BCUT2D eigenvalue weighted by molar-refractivity contribution is 5.98. The first-order valence-corrected chi connectivity index (χ1v) is 11.5. The quantitative estimate of drug-likeness (QED) is 0.286. The standard InChI is InChI=1S/C29H24N4O2/c1-2-7-27(34)33-24-9-6-8-20(15-24)26-16-22(14-23-17-30-19-32-29(23)26)21-12-13-28(31-18-21)35-25-10-4-3-5-11-25/h3-6,8-19H,2,7H2,1H3,(H,33,34). The van der Waals surface area contributed by atoms with Crippen molar-refractivity contribution < 1.29 is 9.53 Å². The average molecular weight is 461 g/mol. The Morgan fingerprint density at radius 2 is 1.74 bits per heavy atom. The van der Waals surface area contributed by atoms with E-state index in [2.05, 4.69) is 32.4 Å². The van der Waals surface area contributed by atoms with Gasteiger partial charge in [0.2, 0.25) is 11.8 Å². The maximum atomic E-state index is 12.1. The minimum Gasteiger partial charge on any atom is -0.439 e. The highest BCUT2D eigenvalue weighted by Crippen LogP contribution is 2.34. The molecule has 35 heavy (non-hydrogen) atoms. The molecule has 0 radical (unpaired) electrons. The summed E-state index contributed by atoms with van der Waals surface area (Å²) in [6.45, 7) is 1.99. The van der Waals surface area contributed by atoms with Crippen LogP contribution in [0.3, 0.4) is 0 Å². The number of hydrogen-bond acceptors (Lipinski definition) is 5. The molecule has 5 rings (SSSR count). The van der Waals surface area contributed by atoms with Crippen LogP contribution in [0.4, 0.5) is 5.69 Å². The number of para-hydroxylation sites is 1. The lowest BCUT2D eigenvalue weighted by atomic mass is 9.96. The number of nitrogens with one attached hydrogen (secondary N) is 1. The van der Waals surface area contributed by atoms with E-state index < -0.39 is 0 Å². The Balaban J connectivity index is 1.50. The summed E-state index contributed by atoms with van der Waals surface area (Å²) in [6.07, 6.45) is 6.46. The number of hydrogen-bond donors (Lipinski definition) is 1. The lowest BCUT2D eigenvalue weighted by Crippen LogP contribution is -2.10. The van der Waals surface area contributed by atoms with Crippen LogP contribution in [0.5, 0.6) is 11.6 Å². The molecule has 1 N–H and O–H groups in total. The van der Waals surface area contributed by atoms with Gasteiger partial charge in [0.05, 0.1) is 5.52 Å². The van der Waals surface area contributed by atoms with Gasteiger partial charge in [0.15, 0.2) is 0 Å². The molecule has 6 heteroatoms. The minimum atomic E-state index is 0.00877. The van der Waals surface area contributed by atoms with Crippen LogP contribution in [0.25, 0.3) is 33.2 Å². The summed E-state index contributed by atoms with van der Waals surface area (Å²) in [4.78, 5) is 25.4. The van der Waals surface area contributed by atoms with Crippen LogP contribution in [0.15, 0.2) is 97.6 Å². The fraction of sp³-hybridized carbons (Fsp3) is 0.103. The Morgan fingerprint density at radius 1 is 0.857 bits per heavy atom. The van der Waals surface area contributed by atoms with E-state index in [9.17, 15) is 4.79 Å². The van der Waals surface area contributed by atoms with Gasteiger partial charge in [-0.05, 0) is 60.0 Å². The number of fused-ring (bicyclic) bond motifs is 1. The molecular weight excluding hydrogens is 436 g/mol. The van der Waals surface area contributed by atoms with Crippen LogP contribution in [0.1, 0.15) is 19.8 Å². The van der Waals surface area contributed by atoms with Crippen molar-refractivity contribution in [1.82, 2.24) is 15.0 Å². The van der Waals surface area contributed by atoms with E-state index in [1.54, 1.807) is 12.5 Å². The molecule has 1 amide bonds. The van der Waals surface area contributed by atoms with E-state index >= 15 is 0 Å². The van der Waals surface area contributed by atoms with E-state index in [0.717, 1.165) is 51.0 Å².